The third-order valence-electron chi connectivity index (χ3n) is 6.67. The van der Waals surface area contributed by atoms with E-state index in [1.807, 2.05) is 98.7 Å². The molecule has 188 valence electrons. The average Bonchev–Trinajstić information content (AvgIpc) is 3.44. The number of likely N-dealkylation sites (tertiary alicyclic amines) is 1. The van der Waals surface area contributed by atoms with E-state index in [4.69, 9.17) is 4.74 Å². The van der Waals surface area contributed by atoms with Gasteiger partial charge < -0.3 is 24.6 Å². The highest BCUT2D eigenvalue weighted by atomic mass is 16.5. The number of hydrogen-bond donors (Lipinski definition) is 2. The van der Waals surface area contributed by atoms with Crippen LogP contribution in [0.3, 0.4) is 0 Å². The predicted molar refractivity (Wildman–Crippen MR) is 145 cm³/mol. The fourth-order valence-corrected chi connectivity index (χ4v) is 4.85. The topological polar surface area (TPSA) is 85.9 Å². The van der Waals surface area contributed by atoms with Crippen LogP contribution in [-0.2, 0) is 16.1 Å². The standard InChI is InChI=1S/C30H29N3O4/c1-4-37-22-9-7-8-19(16-22)18-33-27(20-12-14-21(15-13-20)32(2)3)26(29(35)30(33)36)28(34)24-17-31-25-11-6-5-10-23(24)25/h5-17,27,31,34H,4,18H2,1-3H3/b28-26-. The van der Waals surface area contributed by atoms with Crippen LogP contribution < -0.4 is 9.64 Å². The number of aliphatic hydroxyl groups is 1. The van der Waals surface area contributed by atoms with Gasteiger partial charge in [-0.3, -0.25) is 9.59 Å². The van der Waals surface area contributed by atoms with Crippen LogP contribution >= 0.6 is 0 Å². The summed E-state index contributed by atoms with van der Waals surface area (Å²) in [5.41, 5.74) is 3.96. The number of H-pyrrole nitrogens is 1. The molecule has 1 fully saturated rings. The first kappa shape index (κ1) is 24.2. The lowest BCUT2D eigenvalue weighted by Gasteiger charge is -2.26. The van der Waals surface area contributed by atoms with E-state index < -0.39 is 17.7 Å². The van der Waals surface area contributed by atoms with E-state index in [2.05, 4.69) is 4.98 Å². The number of amides is 1. The zero-order chi connectivity index (χ0) is 26.1. The van der Waals surface area contributed by atoms with Crippen LogP contribution in [0.25, 0.3) is 16.7 Å². The van der Waals surface area contributed by atoms with Crippen molar-refractivity contribution in [3.63, 3.8) is 0 Å². The molecule has 0 bridgehead atoms. The van der Waals surface area contributed by atoms with Crippen molar-refractivity contribution in [2.24, 2.45) is 0 Å². The molecule has 1 unspecified atom stereocenters. The van der Waals surface area contributed by atoms with Crippen LogP contribution in [0.1, 0.15) is 29.7 Å². The molecule has 2 N–H and O–H groups in total. The van der Waals surface area contributed by atoms with E-state index in [9.17, 15) is 14.7 Å². The van der Waals surface area contributed by atoms with Gasteiger partial charge in [0, 0.05) is 49.0 Å². The van der Waals surface area contributed by atoms with Crippen molar-refractivity contribution < 1.29 is 19.4 Å². The molecule has 37 heavy (non-hydrogen) atoms. The molecule has 7 nitrogen and oxygen atoms in total. The summed E-state index contributed by atoms with van der Waals surface area (Å²) in [5.74, 6) is -0.847. The van der Waals surface area contributed by atoms with Crippen LogP contribution in [0.2, 0.25) is 0 Å². The van der Waals surface area contributed by atoms with Crippen LogP contribution in [0, 0.1) is 0 Å². The van der Waals surface area contributed by atoms with Crippen molar-refractivity contribution in [2.45, 2.75) is 19.5 Å². The highest BCUT2D eigenvalue weighted by Crippen LogP contribution is 2.41. The number of aromatic nitrogens is 1. The minimum atomic E-state index is -0.749. The van der Waals surface area contributed by atoms with Crippen LogP contribution in [0.4, 0.5) is 5.69 Å². The second-order valence-electron chi connectivity index (χ2n) is 9.24. The molecule has 0 spiro atoms. The van der Waals surface area contributed by atoms with Gasteiger partial charge in [0.05, 0.1) is 18.2 Å². The Bertz CT molecular complexity index is 1500. The van der Waals surface area contributed by atoms with Gasteiger partial charge in [0.2, 0.25) is 0 Å². The quantitative estimate of drug-likeness (QED) is 0.208. The van der Waals surface area contributed by atoms with Gasteiger partial charge in [-0.1, -0.05) is 42.5 Å². The second-order valence-corrected chi connectivity index (χ2v) is 9.24. The van der Waals surface area contributed by atoms with Crippen molar-refractivity contribution >= 4 is 34.0 Å². The van der Waals surface area contributed by atoms with E-state index in [1.165, 1.54) is 4.90 Å². The average molecular weight is 496 g/mol. The van der Waals surface area contributed by atoms with Crippen LogP contribution in [0.5, 0.6) is 5.75 Å². The summed E-state index contributed by atoms with van der Waals surface area (Å²) < 4.78 is 5.63. The van der Waals surface area contributed by atoms with Gasteiger partial charge >= 0.3 is 0 Å². The molecule has 4 aromatic rings. The Morgan fingerprint density at radius 3 is 2.51 bits per heavy atom. The maximum absolute atomic E-state index is 13.5. The Labute approximate surface area is 215 Å². The first-order chi connectivity index (χ1) is 17.9. The number of carbonyl (C=O) groups is 2. The number of Topliss-reactive ketones (excluding diaryl/α,β-unsaturated/α-hetero) is 1. The van der Waals surface area contributed by atoms with Gasteiger partial charge in [-0.25, -0.2) is 0 Å². The fourth-order valence-electron chi connectivity index (χ4n) is 4.85. The number of hydrogen-bond acceptors (Lipinski definition) is 5. The SMILES string of the molecule is CCOc1cccc(CN2C(=O)C(=O)/C(=C(\O)c3c[nH]c4ccccc34)C2c2ccc(N(C)C)cc2)c1. The minimum absolute atomic E-state index is 0.0771. The molecule has 0 radical (unpaired) electrons. The van der Waals surface area contributed by atoms with Crippen molar-refractivity contribution in [1.82, 2.24) is 9.88 Å². The van der Waals surface area contributed by atoms with Gasteiger partial charge in [-0.2, -0.15) is 0 Å². The summed E-state index contributed by atoms with van der Waals surface area (Å²) in [6.45, 7) is 2.63. The van der Waals surface area contributed by atoms with Crippen LogP contribution in [0.15, 0.2) is 84.6 Å². The van der Waals surface area contributed by atoms with Crippen molar-refractivity contribution in [1.29, 1.82) is 0 Å². The fraction of sp³-hybridized carbons (Fsp3) is 0.200. The van der Waals surface area contributed by atoms with Crippen molar-refractivity contribution in [3.05, 3.63) is 101 Å². The second kappa shape index (κ2) is 9.85. The summed E-state index contributed by atoms with van der Waals surface area (Å²) in [7, 11) is 3.90. The Balaban J connectivity index is 1.64. The number of carbonyl (C=O) groups excluding carboxylic acids is 2. The zero-order valence-electron chi connectivity index (χ0n) is 21.1. The number of ether oxygens (including phenoxy) is 1. The van der Waals surface area contributed by atoms with E-state index in [0.717, 1.165) is 27.7 Å². The predicted octanol–water partition coefficient (Wildman–Crippen LogP) is 5.25. The molecule has 1 aliphatic heterocycles. The summed E-state index contributed by atoms with van der Waals surface area (Å²) >= 11 is 0. The Morgan fingerprint density at radius 1 is 1.03 bits per heavy atom. The Morgan fingerprint density at radius 2 is 1.78 bits per heavy atom. The molecule has 3 aromatic carbocycles. The number of benzene rings is 3. The smallest absolute Gasteiger partial charge is 0.295 e. The van der Waals surface area contributed by atoms with Crippen LogP contribution in [-0.4, -0.2) is 47.4 Å². The molecule has 0 saturated carbocycles. The summed E-state index contributed by atoms with van der Waals surface area (Å²) in [5, 5.41) is 12.3. The van der Waals surface area contributed by atoms with E-state index in [0.29, 0.717) is 17.9 Å². The molecule has 1 saturated heterocycles. The highest BCUT2D eigenvalue weighted by molar-refractivity contribution is 6.46. The van der Waals surface area contributed by atoms with Gasteiger partial charge in [0.15, 0.2) is 0 Å². The molecule has 0 aliphatic carbocycles. The lowest BCUT2D eigenvalue weighted by atomic mass is 9.94. The highest BCUT2D eigenvalue weighted by Gasteiger charge is 2.46. The number of anilines is 1. The normalized spacial score (nSPS) is 16.9. The number of ketones is 1. The summed E-state index contributed by atoms with van der Waals surface area (Å²) in [4.78, 5) is 33.5. The largest absolute Gasteiger partial charge is 0.507 e. The summed E-state index contributed by atoms with van der Waals surface area (Å²) in [6, 6.07) is 22.0. The third kappa shape index (κ3) is 4.44. The lowest BCUT2D eigenvalue weighted by Crippen LogP contribution is -2.29. The van der Waals surface area contributed by atoms with E-state index in [-0.39, 0.29) is 17.9 Å². The number of nitrogens with zero attached hydrogens (tertiary/aromatic N) is 2. The molecule has 5 rings (SSSR count). The number of rotatable bonds is 7. The van der Waals surface area contributed by atoms with Gasteiger partial charge in [-0.05, 0) is 48.4 Å². The molecule has 2 heterocycles. The molecule has 7 heteroatoms. The maximum Gasteiger partial charge on any atom is 0.295 e. The number of aliphatic hydroxyl groups excluding tert-OH is 1. The molecule has 1 aromatic heterocycles. The number of para-hydroxylation sites is 1. The zero-order valence-corrected chi connectivity index (χ0v) is 21.1. The third-order valence-corrected chi connectivity index (χ3v) is 6.67. The van der Waals surface area contributed by atoms with Crippen molar-refractivity contribution in [2.75, 3.05) is 25.6 Å². The van der Waals surface area contributed by atoms with Gasteiger partial charge in [0.1, 0.15) is 11.5 Å². The molecular weight excluding hydrogens is 466 g/mol. The first-order valence-corrected chi connectivity index (χ1v) is 12.2. The first-order valence-electron chi connectivity index (χ1n) is 12.2. The number of nitrogens with one attached hydrogen (secondary N) is 1. The van der Waals surface area contributed by atoms with Gasteiger partial charge in [-0.15, -0.1) is 0 Å². The molecule has 1 atom stereocenters. The summed E-state index contributed by atoms with van der Waals surface area (Å²) in [6.07, 6.45) is 1.67. The van der Waals surface area contributed by atoms with E-state index >= 15 is 0 Å². The van der Waals surface area contributed by atoms with Crippen molar-refractivity contribution in [3.8, 4) is 5.75 Å². The molecule has 1 amide bonds. The minimum Gasteiger partial charge on any atom is -0.507 e. The lowest BCUT2D eigenvalue weighted by molar-refractivity contribution is -0.140. The Kier molecular flexibility index (Phi) is 6.44. The Hall–Kier alpha value is -4.52. The van der Waals surface area contributed by atoms with E-state index in [1.54, 1.807) is 6.20 Å². The number of aromatic amines is 1. The monoisotopic (exact) mass is 495 g/mol. The number of fused-ring (bicyclic) bond motifs is 1. The molecule has 1 aliphatic rings. The van der Waals surface area contributed by atoms with Gasteiger partial charge in [0.25, 0.3) is 11.7 Å². The molecular formula is C30H29N3O4. The maximum atomic E-state index is 13.5.